The molecule has 3 aromatic rings. The molecule has 0 bridgehead atoms. The van der Waals surface area contributed by atoms with Crippen LogP contribution in [-0.4, -0.2) is 5.91 Å². The van der Waals surface area contributed by atoms with Gasteiger partial charge in [-0.2, -0.15) is 0 Å². The topological polar surface area (TPSA) is 29.1 Å². The number of carbonyl (C=O) groups is 1. The zero-order valence-corrected chi connectivity index (χ0v) is 16.6. The van der Waals surface area contributed by atoms with Crippen LogP contribution >= 0.6 is 11.8 Å². The molecule has 0 aliphatic heterocycles. The third-order valence-electron chi connectivity index (χ3n) is 4.60. The standard InChI is InChI=1S/C24H25NOS/c1-3-19-9-13-21(14-10-19)18(2)25-24(26)22-15-11-20(12-16-22)17-27-23-7-5-4-6-8-23/h4-16,18H,3,17H2,1-2H3,(H,25,26)/t18-/m1/s1. The fourth-order valence-corrected chi connectivity index (χ4v) is 3.72. The smallest absolute Gasteiger partial charge is 0.251 e. The first-order valence-electron chi connectivity index (χ1n) is 9.32. The number of benzene rings is 3. The molecule has 3 aromatic carbocycles. The van der Waals surface area contributed by atoms with E-state index in [4.69, 9.17) is 0 Å². The number of hydrogen-bond acceptors (Lipinski definition) is 2. The van der Waals surface area contributed by atoms with E-state index in [0.717, 1.165) is 17.7 Å². The van der Waals surface area contributed by atoms with Crippen LogP contribution in [0.15, 0.2) is 83.8 Å². The molecule has 2 nitrogen and oxygen atoms in total. The van der Waals surface area contributed by atoms with E-state index >= 15 is 0 Å². The van der Waals surface area contributed by atoms with Gasteiger partial charge in [0.1, 0.15) is 0 Å². The molecule has 1 N–H and O–H groups in total. The van der Waals surface area contributed by atoms with Crippen molar-refractivity contribution in [2.75, 3.05) is 0 Å². The lowest BCUT2D eigenvalue weighted by molar-refractivity contribution is 0.0940. The van der Waals surface area contributed by atoms with Crippen molar-refractivity contribution in [3.05, 3.63) is 101 Å². The van der Waals surface area contributed by atoms with E-state index < -0.39 is 0 Å². The molecule has 0 spiro atoms. The van der Waals surface area contributed by atoms with Crippen LogP contribution < -0.4 is 5.32 Å². The van der Waals surface area contributed by atoms with Gasteiger partial charge in [0.2, 0.25) is 0 Å². The van der Waals surface area contributed by atoms with Crippen molar-refractivity contribution in [1.29, 1.82) is 0 Å². The lowest BCUT2D eigenvalue weighted by Crippen LogP contribution is -2.26. The van der Waals surface area contributed by atoms with Crippen LogP contribution in [0.25, 0.3) is 0 Å². The minimum absolute atomic E-state index is 0.0169. The van der Waals surface area contributed by atoms with E-state index in [1.165, 1.54) is 16.0 Å². The summed E-state index contributed by atoms with van der Waals surface area (Å²) in [7, 11) is 0. The van der Waals surface area contributed by atoms with Gasteiger partial charge in [-0.15, -0.1) is 11.8 Å². The molecular weight excluding hydrogens is 350 g/mol. The molecule has 0 fully saturated rings. The molecule has 1 amide bonds. The molecule has 27 heavy (non-hydrogen) atoms. The Labute approximate surface area is 166 Å². The molecule has 1 atom stereocenters. The molecule has 3 heteroatoms. The molecule has 0 saturated heterocycles. The molecular formula is C24H25NOS. The van der Waals surface area contributed by atoms with Crippen LogP contribution in [0.4, 0.5) is 0 Å². The number of amides is 1. The van der Waals surface area contributed by atoms with Gasteiger partial charge in [0.25, 0.3) is 5.91 Å². The van der Waals surface area contributed by atoms with Crippen LogP contribution in [0.3, 0.4) is 0 Å². The van der Waals surface area contributed by atoms with Crippen LogP contribution in [0.5, 0.6) is 0 Å². The zero-order valence-electron chi connectivity index (χ0n) is 15.8. The Morgan fingerprint density at radius 1 is 0.889 bits per heavy atom. The normalized spacial score (nSPS) is 11.8. The SMILES string of the molecule is CCc1ccc([C@@H](C)NC(=O)c2ccc(CSc3ccccc3)cc2)cc1. The number of aryl methyl sites for hydroxylation is 1. The van der Waals surface area contributed by atoms with Crippen molar-refractivity contribution >= 4 is 17.7 Å². The molecule has 0 unspecified atom stereocenters. The number of rotatable bonds is 7. The quantitative estimate of drug-likeness (QED) is 0.511. The monoisotopic (exact) mass is 375 g/mol. The predicted octanol–water partition coefficient (Wildman–Crippen LogP) is 6.03. The number of nitrogens with one attached hydrogen (secondary N) is 1. The van der Waals surface area contributed by atoms with Crippen molar-refractivity contribution in [3.8, 4) is 0 Å². The number of carbonyl (C=O) groups excluding carboxylic acids is 1. The first-order chi connectivity index (χ1) is 13.2. The molecule has 0 heterocycles. The highest BCUT2D eigenvalue weighted by Crippen LogP contribution is 2.22. The van der Waals surface area contributed by atoms with Crippen LogP contribution in [0.2, 0.25) is 0 Å². The predicted molar refractivity (Wildman–Crippen MR) is 114 cm³/mol. The first-order valence-corrected chi connectivity index (χ1v) is 10.3. The van der Waals surface area contributed by atoms with E-state index in [-0.39, 0.29) is 11.9 Å². The molecule has 138 valence electrons. The summed E-state index contributed by atoms with van der Waals surface area (Å²) in [6.45, 7) is 4.16. The second-order valence-electron chi connectivity index (χ2n) is 6.59. The van der Waals surface area contributed by atoms with Gasteiger partial charge in [-0.25, -0.2) is 0 Å². The molecule has 0 aliphatic carbocycles. The van der Waals surface area contributed by atoms with Crippen molar-refractivity contribution in [2.24, 2.45) is 0 Å². The van der Waals surface area contributed by atoms with Gasteiger partial charge in [-0.1, -0.05) is 61.5 Å². The molecule has 0 aliphatic rings. The highest BCUT2D eigenvalue weighted by molar-refractivity contribution is 7.98. The highest BCUT2D eigenvalue weighted by Gasteiger charge is 2.11. The van der Waals surface area contributed by atoms with Crippen molar-refractivity contribution in [2.45, 2.75) is 37.0 Å². The Bertz CT molecular complexity index is 857. The zero-order chi connectivity index (χ0) is 19.1. The maximum absolute atomic E-state index is 12.5. The van der Waals surface area contributed by atoms with Gasteiger partial charge >= 0.3 is 0 Å². The average molecular weight is 376 g/mol. The second kappa shape index (κ2) is 9.43. The van der Waals surface area contributed by atoms with Crippen molar-refractivity contribution < 1.29 is 4.79 Å². The molecule has 0 aromatic heterocycles. The molecule has 0 radical (unpaired) electrons. The molecule has 0 saturated carbocycles. The average Bonchev–Trinajstić information content (AvgIpc) is 2.73. The Morgan fingerprint density at radius 3 is 2.15 bits per heavy atom. The molecule has 3 rings (SSSR count). The largest absolute Gasteiger partial charge is 0.346 e. The Kier molecular flexibility index (Phi) is 6.72. The van der Waals surface area contributed by atoms with Gasteiger partial charge in [-0.3, -0.25) is 4.79 Å². The summed E-state index contributed by atoms with van der Waals surface area (Å²) >= 11 is 1.80. The Morgan fingerprint density at radius 2 is 1.52 bits per heavy atom. The minimum atomic E-state index is -0.0377. The van der Waals surface area contributed by atoms with E-state index in [1.54, 1.807) is 11.8 Å². The third kappa shape index (κ3) is 5.48. The summed E-state index contributed by atoms with van der Waals surface area (Å²) < 4.78 is 0. The summed E-state index contributed by atoms with van der Waals surface area (Å²) in [6, 6.07) is 26.6. The van der Waals surface area contributed by atoms with Crippen LogP contribution in [0.1, 0.15) is 46.9 Å². The highest BCUT2D eigenvalue weighted by atomic mass is 32.2. The van der Waals surface area contributed by atoms with Gasteiger partial charge in [-0.05, 0) is 54.3 Å². The number of hydrogen-bond donors (Lipinski definition) is 1. The van der Waals surface area contributed by atoms with Gasteiger partial charge in [0.05, 0.1) is 6.04 Å². The Balaban J connectivity index is 1.56. The summed E-state index contributed by atoms with van der Waals surface area (Å²) in [6.07, 6.45) is 1.02. The summed E-state index contributed by atoms with van der Waals surface area (Å²) in [4.78, 5) is 13.8. The fraction of sp³-hybridized carbons (Fsp3) is 0.208. The maximum Gasteiger partial charge on any atom is 0.251 e. The summed E-state index contributed by atoms with van der Waals surface area (Å²) in [5.41, 5.74) is 4.33. The lowest BCUT2D eigenvalue weighted by Gasteiger charge is -2.15. The number of thioether (sulfide) groups is 1. The fourth-order valence-electron chi connectivity index (χ4n) is 2.84. The van der Waals surface area contributed by atoms with Gasteiger partial charge < -0.3 is 5.32 Å². The second-order valence-corrected chi connectivity index (χ2v) is 7.64. The minimum Gasteiger partial charge on any atom is -0.346 e. The van der Waals surface area contributed by atoms with E-state index in [9.17, 15) is 4.79 Å². The van der Waals surface area contributed by atoms with E-state index in [1.807, 2.05) is 49.4 Å². The van der Waals surface area contributed by atoms with E-state index in [0.29, 0.717) is 5.56 Å². The van der Waals surface area contributed by atoms with Gasteiger partial charge in [0.15, 0.2) is 0 Å². The van der Waals surface area contributed by atoms with Gasteiger partial charge in [0, 0.05) is 16.2 Å². The first kappa shape index (κ1) is 19.2. The summed E-state index contributed by atoms with van der Waals surface area (Å²) in [5, 5.41) is 3.08. The van der Waals surface area contributed by atoms with Crippen molar-refractivity contribution in [1.82, 2.24) is 5.32 Å². The maximum atomic E-state index is 12.5. The van der Waals surface area contributed by atoms with Crippen LogP contribution in [-0.2, 0) is 12.2 Å². The lowest BCUT2D eigenvalue weighted by atomic mass is 10.0. The van der Waals surface area contributed by atoms with E-state index in [2.05, 4.69) is 48.6 Å². The Hall–Kier alpha value is -2.52. The van der Waals surface area contributed by atoms with Crippen molar-refractivity contribution in [3.63, 3.8) is 0 Å². The third-order valence-corrected chi connectivity index (χ3v) is 5.68. The summed E-state index contributed by atoms with van der Waals surface area (Å²) in [5.74, 6) is 0.857. The van der Waals surface area contributed by atoms with Crippen LogP contribution in [0, 0.1) is 0 Å².